The molecule has 1 amide bonds. The van der Waals surface area contributed by atoms with Crippen LogP contribution in [0.4, 0.5) is 0 Å². The summed E-state index contributed by atoms with van der Waals surface area (Å²) in [5.74, 6) is -0.198. The predicted octanol–water partition coefficient (Wildman–Crippen LogP) is 1.54. The maximum absolute atomic E-state index is 12.5. The van der Waals surface area contributed by atoms with Crippen molar-refractivity contribution in [3.05, 3.63) is 22.4 Å². The summed E-state index contributed by atoms with van der Waals surface area (Å²) in [6.45, 7) is 0.585. The first-order chi connectivity index (χ1) is 9.86. The van der Waals surface area contributed by atoms with E-state index in [-0.39, 0.29) is 26.9 Å². The summed E-state index contributed by atoms with van der Waals surface area (Å²) < 4.78 is 26.3. The fourth-order valence-corrected chi connectivity index (χ4v) is 4.03. The quantitative estimate of drug-likeness (QED) is 0.837. The van der Waals surface area contributed by atoms with Gasteiger partial charge in [0.15, 0.2) is 0 Å². The summed E-state index contributed by atoms with van der Waals surface area (Å²) in [7, 11) is -2.08. The summed E-state index contributed by atoms with van der Waals surface area (Å²) in [5.41, 5.74) is 0. The van der Waals surface area contributed by atoms with E-state index in [1.807, 2.05) is 0 Å². The fraction of sp³-hybridized carbons (Fsp3) is 0.500. The van der Waals surface area contributed by atoms with Crippen LogP contribution in [0.1, 0.15) is 12.8 Å². The molecule has 0 bridgehead atoms. The normalized spacial score (nSPS) is 17.7. The maximum atomic E-state index is 12.5. The lowest BCUT2D eigenvalue weighted by atomic mass is 9.97. The number of aromatic nitrogens is 1. The van der Waals surface area contributed by atoms with Crippen molar-refractivity contribution in [2.24, 2.45) is 5.92 Å². The van der Waals surface area contributed by atoms with E-state index in [9.17, 15) is 13.2 Å². The van der Waals surface area contributed by atoms with Crippen LogP contribution in [0.15, 0.2) is 17.2 Å². The Morgan fingerprint density at radius 2 is 2.00 bits per heavy atom. The van der Waals surface area contributed by atoms with Gasteiger partial charge in [-0.3, -0.25) is 4.79 Å². The van der Waals surface area contributed by atoms with Gasteiger partial charge >= 0.3 is 0 Å². The standard InChI is InChI=1S/C12H15Cl2N3O3S/c1-15-12(18)8-2-4-17(5-3-8)21(19,20)9-6-10(13)11(14)16-7-9/h6-8H,2-5H2,1H3,(H,15,18). The smallest absolute Gasteiger partial charge is 0.244 e. The van der Waals surface area contributed by atoms with Crippen LogP contribution in [0.3, 0.4) is 0 Å². The van der Waals surface area contributed by atoms with Gasteiger partial charge in [0, 0.05) is 32.3 Å². The van der Waals surface area contributed by atoms with Crippen LogP contribution < -0.4 is 5.32 Å². The number of nitrogens with zero attached hydrogens (tertiary/aromatic N) is 2. The Kier molecular flexibility index (Phi) is 5.08. The highest BCUT2D eigenvalue weighted by Crippen LogP contribution is 2.27. The number of hydrogen-bond donors (Lipinski definition) is 1. The molecule has 9 heteroatoms. The summed E-state index contributed by atoms with van der Waals surface area (Å²) in [6, 6.07) is 1.29. The molecular formula is C12H15Cl2N3O3S. The molecule has 0 atom stereocenters. The highest BCUT2D eigenvalue weighted by molar-refractivity contribution is 7.89. The molecule has 0 unspecified atom stereocenters. The molecule has 1 aromatic heterocycles. The maximum Gasteiger partial charge on any atom is 0.244 e. The van der Waals surface area contributed by atoms with Gasteiger partial charge in [0.25, 0.3) is 0 Å². The van der Waals surface area contributed by atoms with E-state index < -0.39 is 10.0 Å². The lowest BCUT2D eigenvalue weighted by Crippen LogP contribution is -2.42. The van der Waals surface area contributed by atoms with Crippen molar-refractivity contribution in [2.75, 3.05) is 20.1 Å². The zero-order valence-corrected chi connectivity index (χ0v) is 13.7. The molecule has 1 N–H and O–H groups in total. The Hall–Kier alpha value is -0.890. The molecule has 1 saturated heterocycles. The molecule has 0 aliphatic carbocycles. The predicted molar refractivity (Wildman–Crippen MR) is 79.8 cm³/mol. The first-order valence-corrected chi connectivity index (χ1v) is 8.58. The Labute approximate surface area is 133 Å². The SMILES string of the molecule is CNC(=O)C1CCN(S(=O)(=O)c2cnc(Cl)c(Cl)c2)CC1. The number of sulfonamides is 1. The number of piperidine rings is 1. The van der Waals surface area contributed by atoms with Gasteiger partial charge in [0.05, 0.1) is 5.02 Å². The monoisotopic (exact) mass is 351 g/mol. The van der Waals surface area contributed by atoms with E-state index in [2.05, 4.69) is 10.3 Å². The molecule has 21 heavy (non-hydrogen) atoms. The van der Waals surface area contributed by atoms with Gasteiger partial charge in [-0.1, -0.05) is 23.2 Å². The van der Waals surface area contributed by atoms with E-state index in [1.54, 1.807) is 7.05 Å². The van der Waals surface area contributed by atoms with E-state index in [0.29, 0.717) is 25.9 Å². The molecule has 0 aromatic carbocycles. The highest BCUT2D eigenvalue weighted by atomic mass is 35.5. The van der Waals surface area contributed by atoms with Crippen LogP contribution in [0.25, 0.3) is 0 Å². The zero-order chi connectivity index (χ0) is 15.6. The van der Waals surface area contributed by atoms with Gasteiger partial charge in [0.1, 0.15) is 10.0 Å². The van der Waals surface area contributed by atoms with Gasteiger partial charge in [-0.15, -0.1) is 0 Å². The molecule has 1 aromatic rings. The van der Waals surface area contributed by atoms with Gasteiger partial charge in [-0.25, -0.2) is 13.4 Å². The summed E-state index contributed by atoms with van der Waals surface area (Å²) in [4.78, 5) is 15.3. The van der Waals surface area contributed by atoms with Crippen LogP contribution in [0, 0.1) is 5.92 Å². The number of pyridine rings is 1. The number of nitrogens with one attached hydrogen (secondary N) is 1. The molecule has 6 nitrogen and oxygen atoms in total. The third kappa shape index (κ3) is 3.48. The van der Waals surface area contributed by atoms with Crippen molar-refractivity contribution < 1.29 is 13.2 Å². The Morgan fingerprint density at radius 3 is 2.52 bits per heavy atom. The number of carbonyl (C=O) groups is 1. The zero-order valence-electron chi connectivity index (χ0n) is 11.3. The molecule has 2 heterocycles. The van der Waals surface area contributed by atoms with Gasteiger partial charge < -0.3 is 5.32 Å². The molecule has 1 aliphatic rings. The van der Waals surface area contributed by atoms with Crippen LogP contribution in [-0.4, -0.2) is 43.8 Å². The minimum atomic E-state index is -3.66. The second kappa shape index (κ2) is 6.48. The van der Waals surface area contributed by atoms with Crippen molar-refractivity contribution >= 4 is 39.1 Å². The molecule has 1 fully saturated rings. The van der Waals surface area contributed by atoms with Crippen LogP contribution in [0.2, 0.25) is 10.2 Å². The Bertz CT molecular complexity index is 643. The van der Waals surface area contributed by atoms with E-state index in [4.69, 9.17) is 23.2 Å². The van der Waals surface area contributed by atoms with Crippen molar-refractivity contribution in [1.82, 2.24) is 14.6 Å². The minimum absolute atomic E-state index is 0.00953. The number of hydrogen-bond acceptors (Lipinski definition) is 4. The largest absolute Gasteiger partial charge is 0.359 e. The van der Waals surface area contributed by atoms with Crippen molar-refractivity contribution in [1.29, 1.82) is 0 Å². The van der Waals surface area contributed by atoms with Gasteiger partial charge in [-0.05, 0) is 18.9 Å². The fourth-order valence-electron chi connectivity index (χ4n) is 2.26. The molecule has 1 aliphatic heterocycles. The van der Waals surface area contributed by atoms with Crippen molar-refractivity contribution in [2.45, 2.75) is 17.7 Å². The first-order valence-electron chi connectivity index (χ1n) is 6.39. The molecule has 0 spiro atoms. The number of amides is 1. The molecule has 116 valence electrons. The average Bonchev–Trinajstić information content (AvgIpc) is 2.49. The van der Waals surface area contributed by atoms with Crippen molar-refractivity contribution in [3.8, 4) is 0 Å². The summed E-state index contributed by atoms with van der Waals surface area (Å²) in [6.07, 6.45) is 2.18. The minimum Gasteiger partial charge on any atom is -0.359 e. The molecule has 0 radical (unpaired) electrons. The number of rotatable bonds is 3. The molecular weight excluding hydrogens is 337 g/mol. The lowest BCUT2D eigenvalue weighted by molar-refractivity contribution is -0.125. The highest BCUT2D eigenvalue weighted by Gasteiger charge is 2.32. The second-order valence-corrected chi connectivity index (χ2v) is 7.44. The molecule has 2 rings (SSSR count). The summed E-state index contributed by atoms with van der Waals surface area (Å²) in [5, 5.41) is 2.74. The van der Waals surface area contributed by atoms with E-state index in [1.165, 1.54) is 16.6 Å². The van der Waals surface area contributed by atoms with E-state index in [0.717, 1.165) is 0 Å². The van der Waals surface area contributed by atoms with Crippen LogP contribution >= 0.6 is 23.2 Å². The first kappa shape index (κ1) is 16.5. The molecule has 0 saturated carbocycles. The van der Waals surface area contributed by atoms with Crippen molar-refractivity contribution in [3.63, 3.8) is 0 Å². The lowest BCUT2D eigenvalue weighted by Gasteiger charge is -2.30. The van der Waals surface area contributed by atoms with Gasteiger partial charge in [0.2, 0.25) is 15.9 Å². The van der Waals surface area contributed by atoms with Crippen LogP contribution in [-0.2, 0) is 14.8 Å². The van der Waals surface area contributed by atoms with E-state index >= 15 is 0 Å². The average molecular weight is 352 g/mol. The number of carbonyl (C=O) groups excluding carboxylic acids is 1. The second-order valence-electron chi connectivity index (χ2n) is 4.74. The third-order valence-corrected chi connectivity index (χ3v) is 6.03. The van der Waals surface area contributed by atoms with Gasteiger partial charge in [-0.2, -0.15) is 4.31 Å². The third-order valence-electron chi connectivity index (χ3n) is 3.48. The Morgan fingerprint density at radius 1 is 1.38 bits per heavy atom. The number of halogens is 2. The summed E-state index contributed by atoms with van der Waals surface area (Å²) >= 11 is 11.5. The Balaban J connectivity index is 2.14. The topological polar surface area (TPSA) is 79.4 Å². The van der Waals surface area contributed by atoms with Crippen LogP contribution in [0.5, 0.6) is 0 Å².